The highest BCUT2D eigenvalue weighted by Gasteiger charge is 2.34. The first-order valence-corrected chi connectivity index (χ1v) is 5.80. The van der Waals surface area contributed by atoms with Crippen LogP contribution in [0, 0.1) is 5.92 Å². The van der Waals surface area contributed by atoms with Crippen LogP contribution in [0.5, 0.6) is 0 Å². The molecular weight excluding hydrogens is 176 g/mol. The summed E-state index contributed by atoms with van der Waals surface area (Å²) < 4.78 is 0. The molecule has 1 amide bonds. The summed E-state index contributed by atoms with van der Waals surface area (Å²) in [4.78, 5) is 11.4. The van der Waals surface area contributed by atoms with Crippen molar-refractivity contribution in [1.29, 1.82) is 0 Å². The number of fused-ring (bicyclic) bond motifs is 2. The summed E-state index contributed by atoms with van der Waals surface area (Å²) in [5, 5.41) is 6.64. The van der Waals surface area contributed by atoms with Gasteiger partial charge in [-0.15, -0.1) is 0 Å². The predicted octanol–water partition coefficient (Wildman–Crippen LogP) is 1.04. The molecule has 0 aromatic rings. The summed E-state index contributed by atoms with van der Waals surface area (Å²) in [5.41, 5.74) is 0. The van der Waals surface area contributed by atoms with Crippen LogP contribution in [0.15, 0.2) is 0 Å². The number of amides is 1. The van der Waals surface area contributed by atoms with Crippen LogP contribution in [0.1, 0.15) is 39.0 Å². The molecule has 2 fully saturated rings. The smallest absolute Gasteiger partial charge is 0.220 e. The number of rotatable bonds is 3. The Morgan fingerprint density at radius 2 is 2.29 bits per heavy atom. The van der Waals surface area contributed by atoms with Crippen LogP contribution in [0.2, 0.25) is 0 Å². The molecule has 3 nitrogen and oxygen atoms in total. The molecule has 0 aromatic heterocycles. The largest absolute Gasteiger partial charge is 0.353 e. The number of carbonyl (C=O) groups is 1. The summed E-state index contributed by atoms with van der Waals surface area (Å²) >= 11 is 0. The van der Waals surface area contributed by atoms with Crippen molar-refractivity contribution in [2.75, 3.05) is 6.54 Å². The molecule has 0 radical (unpaired) electrons. The molecule has 2 N–H and O–H groups in total. The fourth-order valence-electron chi connectivity index (χ4n) is 2.75. The molecule has 1 heterocycles. The third kappa shape index (κ3) is 2.27. The molecular formula is C11H20N2O. The molecule has 3 atom stereocenters. The molecule has 80 valence electrons. The van der Waals surface area contributed by atoms with Crippen molar-refractivity contribution in [2.45, 2.75) is 51.1 Å². The van der Waals surface area contributed by atoms with Gasteiger partial charge in [-0.25, -0.2) is 0 Å². The van der Waals surface area contributed by atoms with E-state index in [1.165, 1.54) is 12.8 Å². The predicted molar refractivity (Wildman–Crippen MR) is 56.0 cm³/mol. The van der Waals surface area contributed by atoms with E-state index in [0.717, 1.165) is 25.3 Å². The van der Waals surface area contributed by atoms with E-state index in [2.05, 4.69) is 10.6 Å². The van der Waals surface area contributed by atoms with Gasteiger partial charge >= 0.3 is 0 Å². The number of hydrogen-bond acceptors (Lipinski definition) is 2. The van der Waals surface area contributed by atoms with Crippen LogP contribution >= 0.6 is 0 Å². The van der Waals surface area contributed by atoms with Crippen LogP contribution in [-0.4, -0.2) is 24.5 Å². The lowest BCUT2D eigenvalue weighted by molar-refractivity contribution is -0.122. The van der Waals surface area contributed by atoms with Crippen molar-refractivity contribution in [3.63, 3.8) is 0 Å². The van der Waals surface area contributed by atoms with Crippen molar-refractivity contribution in [1.82, 2.24) is 10.6 Å². The standard InChI is InChI=1S/C11H20N2O/c1-2-3-11(14)13-10-5-8-4-9(6-10)12-7-8/h8-10,12H,2-7H2,1H3,(H,13,14). The maximum Gasteiger partial charge on any atom is 0.220 e. The minimum absolute atomic E-state index is 0.235. The van der Waals surface area contributed by atoms with E-state index in [1.807, 2.05) is 6.92 Å². The third-order valence-electron chi connectivity index (χ3n) is 3.34. The van der Waals surface area contributed by atoms with Crippen molar-refractivity contribution >= 4 is 5.91 Å². The summed E-state index contributed by atoms with van der Waals surface area (Å²) in [6, 6.07) is 1.11. The molecule has 1 aliphatic carbocycles. The number of hydrogen-bond donors (Lipinski definition) is 2. The van der Waals surface area contributed by atoms with E-state index in [-0.39, 0.29) is 5.91 Å². The van der Waals surface area contributed by atoms with Crippen LogP contribution in [0.25, 0.3) is 0 Å². The Morgan fingerprint density at radius 1 is 1.43 bits per heavy atom. The van der Waals surface area contributed by atoms with Gasteiger partial charge in [0, 0.05) is 18.5 Å². The summed E-state index contributed by atoms with van der Waals surface area (Å²) in [5.74, 6) is 1.04. The van der Waals surface area contributed by atoms with Gasteiger partial charge in [0.1, 0.15) is 0 Å². The van der Waals surface area contributed by atoms with E-state index in [0.29, 0.717) is 18.5 Å². The van der Waals surface area contributed by atoms with Gasteiger partial charge in [0.25, 0.3) is 0 Å². The Balaban J connectivity index is 1.79. The fourth-order valence-corrected chi connectivity index (χ4v) is 2.75. The van der Waals surface area contributed by atoms with E-state index < -0.39 is 0 Å². The fraction of sp³-hybridized carbons (Fsp3) is 0.909. The second-order valence-corrected chi connectivity index (χ2v) is 4.69. The lowest BCUT2D eigenvalue weighted by Gasteiger charge is -2.27. The lowest BCUT2D eigenvalue weighted by atomic mass is 9.86. The highest BCUT2D eigenvalue weighted by atomic mass is 16.1. The number of carbonyl (C=O) groups excluding carboxylic acids is 1. The van der Waals surface area contributed by atoms with Crippen molar-refractivity contribution in [3.05, 3.63) is 0 Å². The molecule has 2 bridgehead atoms. The summed E-state index contributed by atoms with van der Waals surface area (Å²) in [6.07, 6.45) is 5.26. The first-order chi connectivity index (χ1) is 6.78. The first kappa shape index (κ1) is 9.97. The Hall–Kier alpha value is -0.570. The highest BCUT2D eigenvalue weighted by molar-refractivity contribution is 5.76. The average Bonchev–Trinajstić information content (AvgIpc) is 2.46. The average molecular weight is 196 g/mol. The van der Waals surface area contributed by atoms with Crippen molar-refractivity contribution in [3.8, 4) is 0 Å². The molecule has 1 saturated heterocycles. The molecule has 1 aliphatic heterocycles. The van der Waals surface area contributed by atoms with Gasteiger partial charge in [-0.2, -0.15) is 0 Å². The van der Waals surface area contributed by atoms with Gasteiger partial charge in [-0.3, -0.25) is 4.79 Å². The van der Waals surface area contributed by atoms with Crippen molar-refractivity contribution in [2.24, 2.45) is 5.92 Å². The Bertz CT molecular complexity index is 205. The molecule has 14 heavy (non-hydrogen) atoms. The molecule has 2 aliphatic rings. The third-order valence-corrected chi connectivity index (χ3v) is 3.34. The highest BCUT2D eigenvalue weighted by Crippen LogP contribution is 2.29. The Kier molecular flexibility index (Phi) is 3.06. The monoisotopic (exact) mass is 196 g/mol. The second kappa shape index (κ2) is 4.30. The zero-order chi connectivity index (χ0) is 9.97. The minimum Gasteiger partial charge on any atom is -0.353 e. The first-order valence-electron chi connectivity index (χ1n) is 5.80. The molecule has 3 unspecified atom stereocenters. The van der Waals surface area contributed by atoms with Crippen LogP contribution in [-0.2, 0) is 4.79 Å². The van der Waals surface area contributed by atoms with E-state index in [9.17, 15) is 4.79 Å². The zero-order valence-electron chi connectivity index (χ0n) is 8.88. The molecule has 0 aromatic carbocycles. The van der Waals surface area contributed by atoms with Gasteiger partial charge < -0.3 is 10.6 Å². The van der Waals surface area contributed by atoms with Crippen LogP contribution in [0.4, 0.5) is 0 Å². The lowest BCUT2D eigenvalue weighted by Crippen LogP contribution is -2.41. The Labute approximate surface area is 85.6 Å². The zero-order valence-corrected chi connectivity index (χ0v) is 8.88. The Morgan fingerprint density at radius 3 is 3.00 bits per heavy atom. The van der Waals surface area contributed by atoms with Crippen LogP contribution < -0.4 is 10.6 Å². The van der Waals surface area contributed by atoms with Gasteiger partial charge in [-0.1, -0.05) is 6.92 Å². The second-order valence-electron chi connectivity index (χ2n) is 4.69. The maximum atomic E-state index is 11.4. The quantitative estimate of drug-likeness (QED) is 0.708. The number of nitrogens with one attached hydrogen (secondary N) is 2. The maximum absolute atomic E-state index is 11.4. The summed E-state index contributed by atoms with van der Waals surface area (Å²) in [7, 11) is 0. The van der Waals surface area contributed by atoms with Gasteiger partial charge in [0.2, 0.25) is 5.91 Å². The molecule has 0 spiro atoms. The summed E-state index contributed by atoms with van der Waals surface area (Å²) in [6.45, 7) is 3.20. The molecule has 3 heteroatoms. The topological polar surface area (TPSA) is 41.1 Å². The van der Waals surface area contributed by atoms with Crippen LogP contribution in [0.3, 0.4) is 0 Å². The van der Waals surface area contributed by atoms with E-state index >= 15 is 0 Å². The normalized spacial score (nSPS) is 35.6. The van der Waals surface area contributed by atoms with Gasteiger partial charge in [-0.05, 0) is 38.1 Å². The van der Waals surface area contributed by atoms with Gasteiger partial charge in [0.05, 0.1) is 0 Å². The van der Waals surface area contributed by atoms with Crippen molar-refractivity contribution < 1.29 is 4.79 Å². The molecule has 1 saturated carbocycles. The van der Waals surface area contributed by atoms with Gasteiger partial charge in [0.15, 0.2) is 0 Å². The SMILES string of the molecule is CCCC(=O)NC1CC2CNC(C2)C1. The van der Waals surface area contributed by atoms with E-state index in [1.54, 1.807) is 0 Å². The minimum atomic E-state index is 0.235. The van der Waals surface area contributed by atoms with E-state index in [4.69, 9.17) is 0 Å². The molecule has 2 rings (SSSR count).